The number of alkyl halides is 3. The van der Waals surface area contributed by atoms with Gasteiger partial charge in [0.1, 0.15) is 0 Å². The number of nitrogens with one attached hydrogen (secondary N) is 1. The van der Waals surface area contributed by atoms with E-state index in [-0.39, 0.29) is 17.8 Å². The summed E-state index contributed by atoms with van der Waals surface area (Å²) in [6.07, 6.45) is -2.17. The molecule has 5 atom stereocenters. The van der Waals surface area contributed by atoms with Crippen LogP contribution in [0.4, 0.5) is 13.2 Å². The van der Waals surface area contributed by atoms with Crippen molar-refractivity contribution in [1.82, 2.24) is 10.2 Å². The van der Waals surface area contributed by atoms with Gasteiger partial charge in [-0.15, -0.1) is 0 Å². The smallest absolute Gasteiger partial charge is 0.375 e. The first kappa shape index (κ1) is 19.5. The summed E-state index contributed by atoms with van der Waals surface area (Å²) in [6, 6.07) is 7.15. The molecule has 3 heterocycles. The number of hydrogen-bond donors (Lipinski definition) is 2. The van der Waals surface area contributed by atoms with Crippen LogP contribution in [0.3, 0.4) is 0 Å². The number of nitrogens with zero attached hydrogens (tertiary/aromatic N) is 2. The molecule has 3 saturated heterocycles. The monoisotopic (exact) mass is 397 g/mol. The SMILES string of the molecule is CCNC(=NCC(O)(c1ccccc1)C(F)(F)F)N1CC2C3CCC(O3)C2C1. The molecule has 4 rings (SSSR count). The largest absolute Gasteiger partial charge is 0.423 e. The lowest BCUT2D eigenvalue weighted by Gasteiger charge is -2.31. The number of halogens is 3. The molecule has 0 radical (unpaired) electrons. The van der Waals surface area contributed by atoms with E-state index in [2.05, 4.69) is 10.3 Å². The van der Waals surface area contributed by atoms with Gasteiger partial charge in [0, 0.05) is 31.5 Å². The van der Waals surface area contributed by atoms with E-state index in [0.29, 0.717) is 24.3 Å². The Morgan fingerprint density at radius 3 is 2.32 bits per heavy atom. The van der Waals surface area contributed by atoms with Gasteiger partial charge in [0.2, 0.25) is 5.60 Å². The highest BCUT2D eigenvalue weighted by molar-refractivity contribution is 5.80. The number of hydrogen-bond acceptors (Lipinski definition) is 3. The van der Waals surface area contributed by atoms with Crippen LogP contribution in [-0.4, -0.2) is 60.5 Å². The van der Waals surface area contributed by atoms with Gasteiger partial charge in [-0.1, -0.05) is 30.3 Å². The second-order valence-corrected chi connectivity index (χ2v) is 7.92. The van der Waals surface area contributed by atoms with E-state index >= 15 is 0 Å². The Morgan fingerprint density at radius 2 is 1.79 bits per heavy atom. The van der Waals surface area contributed by atoms with Crippen LogP contribution in [0.15, 0.2) is 35.3 Å². The number of rotatable bonds is 4. The molecule has 0 aromatic heterocycles. The van der Waals surface area contributed by atoms with Crippen molar-refractivity contribution < 1.29 is 23.0 Å². The maximum atomic E-state index is 13.7. The first-order valence-corrected chi connectivity index (χ1v) is 9.87. The third-order valence-electron chi connectivity index (χ3n) is 6.27. The van der Waals surface area contributed by atoms with Gasteiger partial charge in [-0.3, -0.25) is 0 Å². The van der Waals surface area contributed by atoms with Gasteiger partial charge in [0.15, 0.2) is 5.96 Å². The van der Waals surface area contributed by atoms with Crippen molar-refractivity contribution in [1.29, 1.82) is 0 Å². The predicted octanol–water partition coefficient (Wildman–Crippen LogP) is 2.51. The zero-order chi connectivity index (χ0) is 19.9. The molecule has 5 unspecified atom stereocenters. The maximum absolute atomic E-state index is 13.7. The molecule has 0 spiro atoms. The molecular weight excluding hydrogens is 371 g/mol. The summed E-state index contributed by atoms with van der Waals surface area (Å²) in [5, 5.41) is 13.6. The number of likely N-dealkylation sites (tertiary alicyclic amines) is 1. The minimum absolute atomic E-state index is 0.202. The van der Waals surface area contributed by atoms with E-state index in [1.54, 1.807) is 6.07 Å². The zero-order valence-electron chi connectivity index (χ0n) is 15.8. The second-order valence-electron chi connectivity index (χ2n) is 7.92. The van der Waals surface area contributed by atoms with Gasteiger partial charge >= 0.3 is 6.18 Å². The normalized spacial score (nSPS) is 31.8. The molecule has 2 N–H and O–H groups in total. The summed E-state index contributed by atoms with van der Waals surface area (Å²) in [5.41, 5.74) is -3.22. The third-order valence-corrected chi connectivity index (χ3v) is 6.27. The average molecular weight is 397 g/mol. The molecule has 3 aliphatic heterocycles. The molecule has 8 heteroatoms. The lowest BCUT2D eigenvalue weighted by atomic mass is 9.82. The van der Waals surface area contributed by atoms with Crippen LogP contribution in [0.2, 0.25) is 0 Å². The van der Waals surface area contributed by atoms with Crippen molar-refractivity contribution in [3.8, 4) is 0 Å². The Morgan fingerprint density at radius 1 is 1.18 bits per heavy atom. The number of aliphatic imine (C=N–C) groups is 1. The number of aliphatic hydroxyl groups is 1. The summed E-state index contributed by atoms with van der Waals surface area (Å²) in [4.78, 5) is 6.25. The highest BCUT2D eigenvalue weighted by Crippen LogP contribution is 2.47. The van der Waals surface area contributed by atoms with Crippen LogP contribution >= 0.6 is 0 Å². The van der Waals surface area contributed by atoms with Crippen LogP contribution < -0.4 is 5.32 Å². The van der Waals surface area contributed by atoms with E-state index < -0.39 is 18.3 Å². The van der Waals surface area contributed by atoms with Crippen LogP contribution in [0.5, 0.6) is 0 Å². The van der Waals surface area contributed by atoms with Gasteiger partial charge in [0.05, 0.1) is 18.8 Å². The molecule has 5 nitrogen and oxygen atoms in total. The van der Waals surface area contributed by atoms with E-state index in [9.17, 15) is 18.3 Å². The van der Waals surface area contributed by atoms with Crippen molar-refractivity contribution in [2.24, 2.45) is 16.8 Å². The summed E-state index contributed by atoms with van der Waals surface area (Å²) >= 11 is 0. The molecule has 3 aliphatic rings. The van der Waals surface area contributed by atoms with Gasteiger partial charge in [0.25, 0.3) is 0 Å². The number of guanidine groups is 1. The summed E-state index contributed by atoms with van der Waals surface area (Å²) in [5.74, 6) is 1.26. The molecule has 28 heavy (non-hydrogen) atoms. The fourth-order valence-corrected chi connectivity index (χ4v) is 4.81. The van der Waals surface area contributed by atoms with Crippen molar-refractivity contribution in [3.63, 3.8) is 0 Å². The standard InChI is InChI=1S/C20H26F3N3O2/c1-2-24-18(26-10-14-15(11-26)17-9-8-16(14)28-17)25-12-19(27,20(21,22)23)13-6-4-3-5-7-13/h3-7,14-17,27H,2,8-12H2,1H3,(H,24,25). The fourth-order valence-electron chi connectivity index (χ4n) is 4.81. The lowest BCUT2D eigenvalue weighted by molar-refractivity contribution is -0.262. The van der Waals surface area contributed by atoms with E-state index in [0.717, 1.165) is 25.9 Å². The van der Waals surface area contributed by atoms with Crippen molar-refractivity contribution in [2.75, 3.05) is 26.2 Å². The topological polar surface area (TPSA) is 57.1 Å². The van der Waals surface area contributed by atoms with E-state index in [1.807, 2.05) is 11.8 Å². The molecule has 0 aliphatic carbocycles. The van der Waals surface area contributed by atoms with Crippen LogP contribution in [0.1, 0.15) is 25.3 Å². The molecular formula is C20H26F3N3O2. The second kappa shape index (κ2) is 7.22. The number of ether oxygens (including phenoxy) is 1. The molecule has 1 aromatic carbocycles. The van der Waals surface area contributed by atoms with Crippen molar-refractivity contribution in [3.05, 3.63) is 35.9 Å². The van der Waals surface area contributed by atoms with E-state index in [4.69, 9.17) is 4.74 Å². The molecule has 0 saturated carbocycles. The van der Waals surface area contributed by atoms with Crippen LogP contribution in [0.25, 0.3) is 0 Å². The molecule has 1 aromatic rings. The first-order chi connectivity index (χ1) is 13.3. The Balaban J connectivity index is 1.56. The molecule has 154 valence electrons. The van der Waals surface area contributed by atoms with Crippen LogP contribution in [0, 0.1) is 11.8 Å². The lowest BCUT2D eigenvalue weighted by Crippen LogP contribution is -2.47. The number of benzene rings is 1. The van der Waals surface area contributed by atoms with Crippen molar-refractivity contribution in [2.45, 2.75) is 43.8 Å². The number of fused-ring (bicyclic) bond motifs is 5. The Bertz CT molecular complexity index is 709. The minimum atomic E-state index is -4.83. The Labute approximate surface area is 162 Å². The summed E-state index contributed by atoms with van der Waals surface area (Å²) < 4.78 is 47.2. The zero-order valence-corrected chi connectivity index (χ0v) is 15.8. The van der Waals surface area contributed by atoms with E-state index in [1.165, 1.54) is 24.3 Å². The highest BCUT2D eigenvalue weighted by atomic mass is 19.4. The molecule has 0 amide bonds. The molecule has 3 fully saturated rings. The minimum Gasteiger partial charge on any atom is -0.375 e. The van der Waals surface area contributed by atoms with Crippen molar-refractivity contribution >= 4 is 5.96 Å². The fraction of sp³-hybridized carbons (Fsp3) is 0.650. The van der Waals surface area contributed by atoms with Gasteiger partial charge in [-0.2, -0.15) is 13.2 Å². The van der Waals surface area contributed by atoms with Gasteiger partial charge in [-0.25, -0.2) is 4.99 Å². The maximum Gasteiger partial charge on any atom is 0.423 e. The van der Waals surface area contributed by atoms with Gasteiger partial charge < -0.3 is 20.1 Å². The Kier molecular flexibility index (Phi) is 5.03. The summed E-state index contributed by atoms with van der Waals surface area (Å²) in [6.45, 7) is 3.11. The quantitative estimate of drug-likeness (QED) is 0.606. The average Bonchev–Trinajstić information content (AvgIpc) is 3.37. The predicted molar refractivity (Wildman–Crippen MR) is 98.8 cm³/mol. The third kappa shape index (κ3) is 3.26. The highest BCUT2D eigenvalue weighted by Gasteiger charge is 2.56. The molecule has 2 bridgehead atoms. The summed E-state index contributed by atoms with van der Waals surface area (Å²) in [7, 11) is 0. The first-order valence-electron chi connectivity index (χ1n) is 9.87. The van der Waals surface area contributed by atoms with Gasteiger partial charge in [-0.05, 0) is 25.3 Å². The van der Waals surface area contributed by atoms with Crippen LogP contribution in [-0.2, 0) is 10.3 Å². The Hall–Kier alpha value is -1.80.